The molecule has 0 aromatic heterocycles. The average molecular weight is 297 g/mol. The van der Waals surface area contributed by atoms with Crippen LogP contribution in [0.3, 0.4) is 0 Å². The summed E-state index contributed by atoms with van der Waals surface area (Å²) in [4.78, 5) is 0. The van der Waals surface area contributed by atoms with Gasteiger partial charge in [0, 0.05) is 5.02 Å². The Morgan fingerprint density at radius 1 is 1.16 bits per heavy atom. The Hall–Kier alpha value is -1.71. The molecule has 0 radical (unpaired) electrons. The SMILES string of the molecule is Cl.N=C(N)c1ccccc1OCc1cccc(Cl)c1. The zero-order valence-corrected chi connectivity index (χ0v) is 11.7. The van der Waals surface area contributed by atoms with E-state index in [-0.39, 0.29) is 18.2 Å². The smallest absolute Gasteiger partial charge is 0.130 e. The zero-order valence-electron chi connectivity index (χ0n) is 10.1. The van der Waals surface area contributed by atoms with Crippen LogP contribution in [0.2, 0.25) is 5.02 Å². The molecule has 3 nitrogen and oxygen atoms in total. The molecule has 2 aromatic rings. The number of rotatable bonds is 4. The van der Waals surface area contributed by atoms with Gasteiger partial charge in [-0.15, -0.1) is 12.4 Å². The summed E-state index contributed by atoms with van der Waals surface area (Å²) in [6.45, 7) is 0.394. The number of nitrogen functional groups attached to an aromatic ring is 1. The first-order chi connectivity index (χ1) is 8.66. The number of nitrogens with two attached hydrogens (primary N) is 1. The number of halogens is 2. The van der Waals surface area contributed by atoms with Gasteiger partial charge in [-0.2, -0.15) is 0 Å². The highest BCUT2D eigenvalue weighted by Gasteiger charge is 2.05. The van der Waals surface area contributed by atoms with E-state index < -0.39 is 0 Å². The molecular weight excluding hydrogens is 283 g/mol. The van der Waals surface area contributed by atoms with Gasteiger partial charge >= 0.3 is 0 Å². The topological polar surface area (TPSA) is 59.1 Å². The second kappa shape index (κ2) is 7.02. The summed E-state index contributed by atoms with van der Waals surface area (Å²) in [5.41, 5.74) is 7.06. The Morgan fingerprint density at radius 2 is 1.89 bits per heavy atom. The summed E-state index contributed by atoms with van der Waals surface area (Å²) in [5, 5.41) is 8.15. The fourth-order valence-corrected chi connectivity index (χ4v) is 1.82. The Balaban J connectivity index is 0.00000180. The third-order valence-corrected chi connectivity index (χ3v) is 2.70. The van der Waals surface area contributed by atoms with Crippen LogP contribution in [0.25, 0.3) is 0 Å². The lowest BCUT2D eigenvalue weighted by Gasteiger charge is -2.10. The van der Waals surface area contributed by atoms with E-state index in [1.165, 1.54) is 0 Å². The third kappa shape index (κ3) is 4.16. The van der Waals surface area contributed by atoms with Gasteiger partial charge in [-0.25, -0.2) is 0 Å². The molecule has 0 saturated heterocycles. The Labute approximate surface area is 123 Å². The first-order valence-electron chi connectivity index (χ1n) is 5.47. The minimum Gasteiger partial charge on any atom is -0.488 e. The molecule has 0 aliphatic carbocycles. The van der Waals surface area contributed by atoms with Gasteiger partial charge < -0.3 is 10.5 Å². The summed E-state index contributed by atoms with van der Waals surface area (Å²) < 4.78 is 5.66. The minimum absolute atomic E-state index is 0. The van der Waals surface area contributed by atoms with Gasteiger partial charge in [0.25, 0.3) is 0 Å². The molecule has 0 aliphatic heterocycles. The van der Waals surface area contributed by atoms with Crippen LogP contribution in [0.15, 0.2) is 48.5 Å². The minimum atomic E-state index is -0.00306. The number of hydrogen-bond acceptors (Lipinski definition) is 2. The van der Waals surface area contributed by atoms with Crippen molar-refractivity contribution in [3.63, 3.8) is 0 Å². The molecule has 0 saturated carbocycles. The highest BCUT2D eigenvalue weighted by molar-refractivity contribution is 6.30. The van der Waals surface area contributed by atoms with Gasteiger partial charge in [0.05, 0.1) is 5.56 Å². The van der Waals surface area contributed by atoms with Crippen LogP contribution in [0.4, 0.5) is 0 Å². The molecule has 19 heavy (non-hydrogen) atoms. The van der Waals surface area contributed by atoms with Crippen molar-refractivity contribution in [2.75, 3.05) is 0 Å². The molecule has 0 heterocycles. The van der Waals surface area contributed by atoms with E-state index in [1.54, 1.807) is 12.1 Å². The Morgan fingerprint density at radius 3 is 2.58 bits per heavy atom. The molecule has 0 aliphatic rings. The summed E-state index contributed by atoms with van der Waals surface area (Å²) in [6.07, 6.45) is 0. The highest BCUT2D eigenvalue weighted by atomic mass is 35.5. The number of ether oxygens (including phenoxy) is 1. The lowest BCUT2D eigenvalue weighted by Crippen LogP contribution is -2.12. The van der Waals surface area contributed by atoms with Crippen LogP contribution in [0.5, 0.6) is 5.75 Å². The predicted octanol–water partition coefficient (Wildman–Crippen LogP) is 3.62. The van der Waals surface area contributed by atoms with Gasteiger partial charge in [-0.1, -0.05) is 35.9 Å². The lowest BCUT2D eigenvalue weighted by atomic mass is 10.2. The quantitative estimate of drug-likeness (QED) is 0.669. The van der Waals surface area contributed by atoms with E-state index in [1.807, 2.05) is 36.4 Å². The van der Waals surface area contributed by atoms with Crippen molar-refractivity contribution < 1.29 is 4.74 Å². The molecule has 0 unspecified atom stereocenters. The third-order valence-electron chi connectivity index (χ3n) is 2.46. The summed E-state index contributed by atoms with van der Waals surface area (Å²) in [5.74, 6) is 0.599. The van der Waals surface area contributed by atoms with Gasteiger partial charge in [0.2, 0.25) is 0 Å². The van der Waals surface area contributed by atoms with E-state index in [4.69, 9.17) is 27.5 Å². The Kier molecular flexibility index (Phi) is 5.67. The first-order valence-corrected chi connectivity index (χ1v) is 5.85. The zero-order chi connectivity index (χ0) is 13.0. The van der Waals surface area contributed by atoms with Gasteiger partial charge in [0.15, 0.2) is 0 Å². The van der Waals surface area contributed by atoms with Crippen LogP contribution in [0, 0.1) is 5.41 Å². The number of hydrogen-bond donors (Lipinski definition) is 2. The second-order valence-corrected chi connectivity index (χ2v) is 4.26. The van der Waals surface area contributed by atoms with E-state index in [2.05, 4.69) is 0 Å². The van der Waals surface area contributed by atoms with Crippen molar-refractivity contribution in [2.45, 2.75) is 6.61 Å². The van der Waals surface area contributed by atoms with Crippen LogP contribution in [0.1, 0.15) is 11.1 Å². The predicted molar refractivity (Wildman–Crippen MR) is 80.5 cm³/mol. The fraction of sp³-hybridized carbons (Fsp3) is 0.0714. The van der Waals surface area contributed by atoms with Crippen molar-refractivity contribution >= 4 is 29.8 Å². The van der Waals surface area contributed by atoms with E-state index >= 15 is 0 Å². The number of nitrogens with one attached hydrogen (secondary N) is 1. The molecule has 2 rings (SSSR count). The maximum absolute atomic E-state index is 7.47. The summed E-state index contributed by atoms with van der Waals surface area (Å²) >= 11 is 5.90. The van der Waals surface area contributed by atoms with Crippen LogP contribution >= 0.6 is 24.0 Å². The van der Waals surface area contributed by atoms with Crippen molar-refractivity contribution in [3.05, 3.63) is 64.7 Å². The molecule has 0 atom stereocenters. The van der Waals surface area contributed by atoms with Crippen LogP contribution < -0.4 is 10.5 Å². The second-order valence-electron chi connectivity index (χ2n) is 3.83. The maximum atomic E-state index is 7.47. The number of para-hydroxylation sites is 1. The van der Waals surface area contributed by atoms with Crippen LogP contribution in [-0.4, -0.2) is 5.84 Å². The number of benzene rings is 2. The molecule has 0 bridgehead atoms. The van der Waals surface area contributed by atoms with Gasteiger partial charge in [0.1, 0.15) is 18.2 Å². The molecule has 0 spiro atoms. The molecule has 100 valence electrons. The summed E-state index contributed by atoms with van der Waals surface area (Å²) in [7, 11) is 0. The highest BCUT2D eigenvalue weighted by Crippen LogP contribution is 2.19. The average Bonchev–Trinajstić information content (AvgIpc) is 2.37. The van der Waals surface area contributed by atoms with E-state index in [9.17, 15) is 0 Å². The molecular formula is C14H14Cl2N2O. The number of amidine groups is 1. The molecule has 2 aromatic carbocycles. The van der Waals surface area contributed by atoms with Crippen LogP contribution in [-0.2, 0) is 6.61 Å². The Bertz CT molecular complexity index is 573. The molecule has 0 amide bonds. The maximum Gasteiger partial charge on any atom is 0.130 e. The van der Waals surface area contributed by atoms with Crippen molar-refractivity contribution in [1.82, 2.24) is 0 Å². The monoisotopic (exact) mass is 296 g/mol. The largest absolute Gasteiger partial charge is 0.488 e. The van der Waals surface area contributed by atoms with E-state index in [0.717, 1.165) is 5.56 Å². The molecule has 5 heteroatoms. The summed E-state index contributed by atoms with van der Waals surface area (Å²) in [6, 6.07) is 14.7. The van der Waals surface area contributed by atoms with Gasteiger partial charge in [-0.3, -0.25) is 5.41 Å². The van der Waals surface area contributed by atoms with Crippen molar-refractivity contribution in [2.24, 2.45) is 5.73 Å². The molecule has 3 N–H and O–H groups in total. The van der Waals surface area contributed by atoms with E-state index in [0.29, 0.717) is 22.9 Å². The van der Waals surface area contributed by atoms with Gasteiger partial charge in [-0.05, 0) is 29.8 Å². The molecule has 0 fully saturated rings. The first kappa shape index (κ1) is 15.3. The normalized spacial score (nSPS) is 9.53. The van der Waals surface area contributed by atoms with Crippen molar-refractivity contribution in [1.29, 1.82) is 5.41 Å². The van der Waals surface area contributed by atoms with Crippen molar-refractivity contribution in [3.8, 4) is 5.75 Å². The fourth-order valence-electron chi connectivity index (χ4n) is 1.60. The standard InChI is InChI=1S/C14H13ClN2O.ClH/c15-11-5-3-4-10(8-11)9-18-13-7-2-1-6-12(13)14(16)17;/h1-8H,9H2,(H3,16,17);1H. The lowest BCUT2D eigenvalue weighted by molar-refractivity contribution is 0.305.